The lowest BCUT2D eigenvalue weighted by Gasteiger charge is -2.25. The van der Waals surface area contributed by atoms with Crippen molar-refractivity contribution < 1.29 is 18.7 Å². The Morgan fingerprint density at radius 3 is 2.82 bits per heavy atom. The van der Waals surface area contributed by atoms with E-state index in [1.165, 1.54) is 16.0 Å². The first-order valence-electron chi connectivity index (χ1n) is 9.10. The van der Waals surface area contributed by atoms with Crippen molar-refractivity contribution in [3.8, 4) is 0 Å². The van der Waals surface area contributed by atoms with Crippen LogP contribution in [-0.2, 0) is 4.74 Å². The zero-order valence-corrected chi connectivity index (χ0v) is 16.0. The fourth-order valence-electron chi connectivity index (χ4n) is 3.17. The Morgan fingerprint density at radius 2 is 2.18 bits per heavy atom. The zero-order valence-electron chi connectivity index (χ0n) is 16.0. The second-order valence-electron chi connectivity index (χ2n) is 6.85. The highest BCUT2D eigenvalue weighted by molar-refractivity contribution is 5.90. The number of ether oxygens (including phenoxy) is 1. The highest BCUT2D eigenvalue weighted by atomic mass is 19.1. The number of anilines is 2. The molecule has 154 valence electrons. The summed E-state index contributed by atoms with van der Waals surface area (Å²) in [7, 11) is 3.45. The summed E-state index contributed by atoms with van der Waals surface area (Å²) >= 11 is 0. The van der Waals surface area contributed by atoms with Crippen LogP contribution in [0.4, 0.5) is 25.4 Å². The number of halogens is 1. The Labute approximate surface area is 162 Å². The molecule has 28 heavy (non-hydrogen) atoms. The lowest BCUT2D eigenvalue weighted by molar-refractivity contribution is 0.145. The lowest BCUT2D eigenvalue weighted by Crippen LogP contribution is -2.52. The van der Waals surface area contributed by atoms with E-state index in [1.807, 2.05) is 4.90 Å². The largest absolute Gasteiger partial charge is 0.443 e. The van der Waals surface area contributed by atoms with Gasteiger partial charge in [0.15, 0.2) is 0 Å². The third kappa shape index (κ3) is 4.43. The standard InChI is InChI=1S/C17H26FN7O3/c1-22(2)21-16(26)25-8-7-23(6-5-20-25)15-4-3-12(9-14(15)18)24-11-13(10-19)28-17(24)27/h3-4,9,13,20H,5-8,10-11,19H2,1-2H3,(H,21,26)/t13-/m0/s1. The van der Waals surface area contributed by atoms with Crippen molar-refractivity contribution in [1.29, 1.82) is 0 Å². The van der Waals surface area contributed by atoms with Crippen molar-refractivity contribution in [2.75, 3.05) is 63.2 Å². The summed E-state index contributed by atoms with van der Waals surface area (Å²) in [5.41, 5.74) is 12.1. The number of rotatable bonds is 4. The number of urea groups is 1. The summed E-state index contributed by atoms with van der Waals surface area (Å²) in [5.74, 6) is -0.437. The lowest BCUT2D eigenvalue weighted by atomic mass is 10.2. The van der Waals surface area contributed by atoms with Gasteiger partial charge >= 0.3 is 12.1 Å². The van der Waals surface area contributed by atoms with Gasteiger partial charge in [0, 0.05) is 40.3 Å². The molecule has 0 radical (unpaired) electrons. The van der Waals surface area contributed by atoms with E-state index >= 15 is 0 Å². The average molecular weight is 395 g/mol. The monoisotopic (exact) mass is 395 g/mol. The molecule has 0 saturated carbocycles. The third-order valence-electron chi connectivity index (χ3n) is 4.56. The first-order chi connectivity index (χ1) is 13.4. The van der Waals surface area contributed by atoms with Crippen molar-refractivity contribution in [1.82, 2.24) is 20.9 Å². The van der Waals surface area contributed by atoms with Gasteiger partial charge < -0.3 is 15.4 Å². The van der Waals surface area contributed by atoms with Gasteiger partial charge in [-0.3, -0.25) is 15.3 Å². The zero-order chi connectivity index (χ0) is 20.3. The van der Waals surface area contributed by atoms with Gasteiger partial charge in [-0.1, -0.05) is 0 Å². The summed E-state index contributed by atoms with van der Waals surface area (Å²) < 4.78 is 19.9. The topological polar surface area (TPSA) is 106 Å². The van der Waals surface area contributed by atoms with Crippen LogP contribution in [0, 0.1) is 5.82 Å². The number of amides is 3. The number of benzene rings is 1. The summed E-state index contributed by atoms with van der Waals surface area (Å²) in [5, 5.41) is 3.03. The Hall–Kier alpha value is -2.63. The molecule has 3 rings (SSSR count). The average Bonchev–Trinajstić information content (AvgIpc) is 2.86. The van der Waals surface area contributed by atoms with E-state index in [-0.39, 0.29) is 18.7 Å². The third-order valence-corrected chi connectivity index (χ3v) is 4.56. The normalized spacial score (nSPS) is 20.4. The maximum Gasteiger partial charge on any atom is 0.414 e. The van der Waals surface area contributed by atoms with Gasteiger partial charge in [0.2, 0.25) is 0 Å². The molecule has 0 aromatic heterocycles. The van der Waals surface area contributed by atoms with Crippen molar-refractivity contribution in [3.63, 3.8) is 0 Å². The minimum Gasteiger partial charge on any atom is -0.443 e. The maximum absolute atomic E-state index is 14.8. The van der Waals surface area contributed by atoms with Gasteiger partial charge in [-0.25, -0.2) is 24.4 Å². The SMILES string of the molecule is CN(C)NC(=O)N1CCN(c2ccc(N3C[C@H](CN)OC3=O)cc2F)CCN1. The number of carbonyl (C=O) groups is 2. The van der Waals surface area contributed by atoms with Crippen LogP contribution in [-0.4, -0.2) is 81.6 Å². The van der Waals surface area contributed by atoms with Crippen LogP contribution in [0.1, 0.15) is 0 Å². The van der Waals surface area contributed by atoms with Crippen molar-refractivity contribution in [3.05, 3.63) is 24.0 Å². The fourth-order valence-corrected chi connectivity index (χ4v) is 3.17. The van der Waals surface area contributed by atoms with Crippen LogP contribution in [0.2, 0.25) is 0 Å². The van der Waals surface area contributed by atoms with Gasteiger partial charge in [-0.05, 0) is 18.2 Å². The van der Waals surface area contributed by atoms with E-state index in [0.29, 0.717) is 44.1 Å². The van der Waals surface area contributed by atoms with Crippen LogP contribution in [0.3, 0.4) is 0 Å². The minimum atomic E-state index is -0.524. The number of nitrogens with one attached hydrogen (secondary N) is 2. The van der Waals surface area contributed by atoms with Crippen LogP contribution < -0.4 is 26.4 Å². The van der Waals surface area contributed by atoms with Crippen molar-refractivity contribution in [2.24, 2.45) is 5.73 Å². The number of hydrogen-bond donors (Lipinski definition) is 3. The smallest absolute Gasteiger partial charge is 0.414 e. The Kier molecular flexibility index (Phi) is 6.17. The predicted molar refractivity (Wildman–Crippen MR) is 102 cm³/mol. The van der Waals surface area contributed by atoms with Gasteiger partial charge in [0.05, 0.1) is 24.5 Å². The van der Waals surface area contributed by atoms with Gasteiger partial charge in [0.25, 0.3) is 0 Å². The van der Waals surface area contributed by atoms with Gasteiger partial charge in [-0.15, -0.1) is 0 Å². The molecule has 3 amide bonds. The molecule has 1 aromatic carbocycles. The maximum atomic E-state index is 14.8. The second kappa shape index (κ2) is 8.59. The summed E-state index contributed by atoms with van der Waals surface area (Å²) in [6, 6.07) is 4.38. The number of nitrogens with two attached hydrogens (primary N) is 1. The number of carbonyl (C=O) groups excluding carboxylic acids is 2. The first-order valence-corrected chi connectivity index (χ1v) is 9.10. The molecule has 2 saturated heterocycles. The quantitative estimate of drug-likeness (QED) is 0.613. The van der Waals surface area contributed by atoms with Crippen molar-refractivity contribution in [2.45, 2.75) is 6.10 Å². The summed E-state index contributed by atoms with van der Waals surface area (Å²) in [6.45, 7) is 2.39. The van der Waals surface area contributed by atoms with E-state index < -0.39 is 11.9 Å². The van der Waals surface area contributed by atoms with Crippen LogP contribution in [0.5, 0.6) is 0 Å². The molecule has 0 unspecified atom stereocenters. The molecule has 2 aliphatic heterocycles. The van der Waals surface area contributed by atoms with Crippen molar-refractivity contribution >= 4 is 23.5 Å². The number of nitrogens with zero attached hydrogens (tertiary/aromatic N) is 4. The highest BCUT2D eigenvalue weighted by Crippen LogP contribution is 2.28. The molecule has 0 aliphatic carbocycles. The summed E-state index contributed by atoms with van der Waals surface area (Å²) in [6.07, 6.45) is -0.907. The Bertz CT molecular complexity index is 733. The molecule has 0 spiro atoms. The molecule has 1 atom stereocenters. The summed E-state index contributed by atoms with van der Waals surface area (Å²) in [4.78, 5) is 27.3. The van der Waals surface area contributed by atoms with E-state index in [1.54, 1.807) is 31.2 Å². The molecule has 10 nitrogen and oxygen atoms in total. The number of hydrogen-bond acceptors (Lipinski definition) is 7. The van der Waals surface area contributed by atoms with Crippen LogP contribution in [0.15, 0.2) is 18.2 Å². The molecular formula is C17H26FN7O3. The molecule has 1 aromatic rings. The Balaban J connectivity index is 1.67. The van der Waals surface area contributed by atoms with Gasteiger partial charge in [-0.2, -0.15) is 0 Å². The molecule has 0 bridgehead atoms. The molecule has 2 aliphatic rings. The minimum absolute atomic E-state index is 0.224. The van der Waals surface area contributed by atoms with Crippen LogP contribution in [0.25, 0.3) is 0 Å². The van der Waals surface area contributed by atoms with E-state index in [9.17, 15) is 14.0 Å². The molecule has 11 heteroatoms. The molecular weight excluding hydrogens is 369 g/mol. The second-order valence-corrected chi connectivity index (χ2v) is 6.85. The highest BCUT2D eigenvalue weighted by Gasteiger charge is 2.32. The van der Waals surface area contributed by atoms with Crippen LogP contribution >= 0.6 is 0 Å². The van der Waals surface area contributed by atoms with E-state index in [2.05, 4.69) is 10.9 Å². The van der Waals surface area contributed by atoms with Gasteiger partial charge in [0.1, 0.15) is 11.9 Å². The number of hydrazine groups is 2. The van der Waals surface area contributed by atoms with E-state index in [0.717, 1.165) is 0 Å². The Morgan fingerprint density at radius 1 is 1.39 bits per heavy atom. The first kappa shape index (κ1) is 20.1. The molecule has 2 fully saturated rings. The van der Waals surface area contributed by atoms with E-state index in [4.69, 9.17) is 10.5 Å². The molecule has 4 N–H and O–H groups in total. The fraction of sp³-hybridized carbons (Fsp3) is 0.529. The molecule has 2 heterocycles. The number of cyclic esters (lactones) is 1. The predicted octanol–water partition coefficient (Wildman–Crippen LogP) is -0.0776.